The molecule has 7 heteroatoms. The summed E-state index contributed by atoms with van der Waals surface area (Å²) in [6.45, 7) is 7.84. The first-order valence-electron chi connectivity index (χ1n) is 8.91. The second-order valence-electron chi connectivity index (χ2n) is 7.28. The zero-order valence-electron chi connectivity index (χ0n) is 15.6. The number of carbonyl (C=O) groups excluding carboxylic acids is 1. The summed E-state index contributed by atoms with van der Waals surface area (Å²) in [4.78, 5) is 26.5. The van der Waals surface area contributed by atoms with Crippen LogP contribution in [0.5, 0.6) is 0 Å². The Balaban J connectivity index is 2.25. The number of methoxy groups -OCH3 is 1. The monoisotopic (exact) mass is 351 g/mol. The summed E-state index contributed by atoms with van der Waals surface area (Å²) in [5.41, 5.74) is 0.474. The van der Waals surface area contributed by atoms with Crippen LogP contribution in [0.25, 0.3) is 0 Å². The lowest BCUT2D eigenvalue weighted by molar-refractivity contribution is -0.155. The first kappa shape index (κ1) is 19.4. The maximum absolute atomic E-state index is 13.0. The van der Waals surface area contributed by atoms with Gasteiger partial charge in [-0.3, -0.25) is 14.3 Å². The highest BCUT2D eigenvalue weighted by Crippen LogP contribution is 2.32. The molecular weight excluding hydrogens is 322 g/mol. The molecule has 25 heavy (non-hydrogen) atoms. The third kappa shape index (κ3) is 4.03. The van der Waals surface area contributed by atoms with Crippen molar-refractivity contribution in [1.82, 2.24) is 14.7 Å². The topological polar surface area (TPSA) is 84.7 Å². The lowest BCUT2D eigenvalue weighted by atomic mass is 9.80. The quantitative estimate of drug-likeness (QED) is 0.813. The number of carboxylic acid groups (broad SMARTS) is 1. The molecule has 140 valence electrons. The zero-order chi connectivity index (χ0) is 18.6. The van der Waals surface area contributed by atoms with Gasteiger partial charge >= 0.3 is 5.97 Å². The minimum atomic E-state index is -1.02. The van der Waals surface area contributed by atoms with Crippen LogP contribution in [-0.2, 0) is 22.5 Å². The third-order valence-corrected chi connectivity index (χ3v) is 4.79. The normalized spacial score (nSPS) is 20.9. The number of carbonyl (C=O) groups is 2. The molecule has 0 spiro atoms. The van der Waals surface area contributed by atoms with Crippen molar-refractivity contribution in [2.24, 2.45) is 11.3 Å². The van der Waals surface area contributed by atoms with E-state index in [9.17, 15) is 14.7 Å². The molecule has 1 aromatic rings. The number of piperidine rings is 1. The Morgan fingerprint density at radius 1 is 1.44 bits per heavy atom. The Hall–Kier alpha value is -1.89. The lowest BCUT2D eigenvalue weighted by Gasteiger charge is -2.39. The molecule has 2 heterocycles. The van der Waals surface area contributed by atoms with Crippen molar-refractivity contribution in [3.63, 3.8) is 0 Å². The molecule has 2 rings (SSSR count). The fourth-order valence-electron chi connectivity index (χ4n) is 3.57. The van der Waals surface area contributed by atoms with E-state index >= 15 is 0 Å². The SMILES string of the molecule is CCc1c(C(=O)N2CCCC(COC)(C(=O)O)C2)cnn1CC(C)C. The number of rotatable bonds is 7. The average molecular weight is 351 g/mol. The fraction of sp³-hybridized carbons (Fsp3) is 0.722. The Morgan fingerprint density at radius 3 is 2.72 bits per heavy atom. The van der Waals surface area contributed by atoms with Crippen LogP contribution in [0.4, 0.5) is 0 Å². The van der Waals surface area contributed by atoms with Gasteiger partial charge in [0, 0.05) is 26.7 Å². The van der Waals surface area contributed by atoms with Gasteiger partial charge in [0.25, 0.3) is 5.91 Å². The largest absolute Gasteiger partial charge is 0.481 e. The molecule has 1 aliphatic heterocycles. The number of aliphatic carboxylic acids is 1. The molecule has 1 atom stereocenters. The molecule has 7 nitrogen and oxygen atoms in total. The van der Waals surface area contributed by atoms with E-state index in [1.165, 1.54) is 7.11 Å². The standard InChI is InChI=1S/C18H29N3O4/c1-5-15-14(9-19-21(15)10-13(2)3)16(22)20-8-6-7-18(11-20,12-25-4)17(23)24/h9,13H,5-8,10-12H2,1-4H3,(H,23,24). The van der Waals surface area contributed by atoms with Gasteiger partial charge in [-0.1, -0.05) is 20.8 Å². The van der Waals surface area contributed by atoms with Gasteiger partial charge in [0.1, 0.15) is 5.41 Å². The number of ether oxygens (including phenoxy) is 1. The van der Waals surface area contributed by atoms with E-state index in [-0.39, 0.29) is 19.1 Å². The molecule has 0 aliphatic carbocycles. The molecule has 1 fully saturated rings. The van der Waals surface area contributed by atoms with Crippen molar-refractivity contribution in [3.05, 3.63) is 17.5 Å². The molecule has 0 bridgehead atoms. The summed E-state index contributed by atoms with van der Waals surface area (Å²) < 4.78 is 7.03. The molecule has 1 amide bonds. The van der Waals surface area contributed by atoms with Crippen LogP contribution in [0, 0.1) is 11.3 Å². The molecule has 1 unspecified atom stereocenters. The lowest BCUT2D eigenvalue weighted by Crippen LogP contribution is -2.52. The van der Waals surface area contributed by atoms with E-state index in [0.717, 1.165) is 12.2 Å². The van der Waals surface area contributed by atoms with Gasteiger partial charge in [-0.25, -0.2) is 0 Å². The van der Waals surface area contributed by atoms with Crippen LogP contribution in [0.2, 0.25) is 0 Å². The molecule has 1 aromatic heterocycles. The molecule has 1 saturated heterocycles. The second-order valence-corrected chi connectivity index (χ2v) is 7.28. The van der Waals surface area contributed by atoms with Crippen molar-refractivity contribution in [2.75, 3.05) is 26.8 Å². The van der Waals surface area contributed by atoms with E-state index in [4.69, 9.17) is 4.74 Å². The predicted molar refractivity (Wildman–Crippen MR) is 93.5 cm³/mol. The average Bonchev–Trinajstić information content (AvgIpc) is 2.96. The van der Waals surface area contributed by atoms with E-state index < -0.39 is 11.4 Å². The van der Waals surface area contributed by atoms with Gasteiger partial charge in [-0.05, 0) is 25.2 Å². The highest BCUT2D eigenvalue weighted by Gasteiger charge is 2.44. The summed E-state index contributed by atoms with van der Waals surface area (Å²) in [5.74, 6) is -0.601. The number of aromatic nitrogens is 2. The molecule has 1 aliphatic rings. The number of amides is 1. The Kier molecular flexibility index (Phi) is 6.21. The maximum atomic E-state index is 13.0. The predicted octanol–water partition coefficient (Wildman–Crippen LogP) is 2.05. The number of carboxylic acids is 1. The van der Waals surface area contributed by atoms with Gasteiger partial charge in [0.2, 0.25) is 0 Å². The highest BCUT2D eigenvalue weighted by atomic mass is 16.5. The van der Waals surface area contributed by atoms with E-state index in [2.05, 4.69) is 18.9 Å². The minimum absolute atomic E-state index is 0.110. The molecule has 0 aromatic carbocycles. The summed E-state index contributed by atoms with van der Waals surface area (Å²) in [6.07, 6.45) is 3.51. The smallest absolute Gasteiger partial charge is 0.313 e. The van der Waals surface area contributed by atoms with E-state index in [0.29, 0.717) is 37.3 Å². The van der Waals surface area contributed by atoms with Crippen LogP contribution < -0.4 is 0 Å². The molecule has 0 radical (unpaired) electrons. The van der Waals surface area contributed by atoms with Crippen molar-refractivity contribution >= 4 is 11.9 Å². The van der Waals surface area contributed by atoms with E-state index in [1.54, 1.807) is 11.1 Å². The maximum Gasteiger partial charge on any atom is 0.313 e. The van der Waals surface area contributed by atoms with Crippen LogP contribution in [0.15, 0.2) is 6.20 Å². The van der Waals surface area contributed by atoms with Crippen molar-refractivity contribution < 1.29 is 19.4 Å². The van der Waals surface area contributed by atoms with E-state index in [1.807, 2.05) is 11.6 Å². The van der Waals surface area contributed by atoms with Gasteiger partial charge < -0.3 is 14.7 Å². The summed E-state index contributed by atoms with van der Waals surface area (Å²) >= 11 is 0. The number of nitrogens with zero attached hydrogens (tertiary/aromatic N) is 3. The first-order chi connectivity index (χ1) is 11.8. The minimum Gasteiger partial charge on any atom is -0.481 e. The number of hydrogen-bond donors (Lipinski definition) is 1. The summed E-state index contributed by atoms with van der Waals surface area (Å²) in [5, 5.41) is 14.0. The fourth-order valence-corrected chi connectivity index (χ4v) is 3.57. The van der Waals surface area contributed by atoms with Crippen molar-refractivity contribution in [1.29, 1.82) is 0 Å². The van der Waals surface area contributed by atoms with Crippen LogP contribution >= 0.6 is 0 Å². The van der Waals surface area contributed by atoms with Crippen LogP contribution in [-0.4, -0.2) is 58.5 Å². The number of likely N-dealkylation sites (tertiary alicyclic amines) is 1. The summed E-state index contributed by atoms with van der Waals surface area (Å²) in [6, 6.07) is 0. The highest BCUT2D eigenvalue weighted by molar-refractivity contribution is 5.95. The van der Waals surface area contributed by atoms with Gasteiger partial charge in [-0.15, -0.1) is 0 Å². The van der Waals surface area contributed by atoms with Crippen molar-refractivity contribution in [3.8, 4) is 0 Å². The molecular formula is C18H29N3O4. The van der Waals surface area contributed by atoms with Gasteiger partial charge in [0.05, 0.1) is 24.1 Å². The Bertz CT molecular complexity index is 622. The van der Waals surface area contributed by atoms with Crippen LogP contribution in [0.1, 0.15) is 49.7 Å². The third-order valence-electron chi connectivity index (χ3n) is 4.79. The van der Waals surface area contributed by atoms with Crippen molar-refractivity contribution in [2.45, 2.75) is 46.6 Å². The first-order valence-corrected chi connectivity index (χ1v) is 8.91. The van der Waals surface area contributed by atoms with Gasteiger partial charge in [-0.2, -0.15) is 5.10 Å². The second kappa shape index (κ2) is 7.99. The molecule has 0 saturated carbocycles. The summed E-state index contributed by atoms with van der Waals surface area (Å²) in [7, 11) is 1.50. The Morgan fingerprint density at radius 2 is 2.16 bits per heavy atom. The Labute approximate surface area is 148 Å². The number of hydrogen-bond acceptors (Lipinski definition) is 4. The van der Waals surface area contributed by atoms with Gasteiger partial charge in [0.15, 0.2) is 0 Å². The van der Waals surface area contributed by atoms with Crippen LogP contribution in [0.3, 0.4) is 0 Å². The molecule has 1 N–H and O–H groups in total. The zero-order valence-corrected chi connectivity index (χ0v) is 15.6.